The number of halogens is 3. The number of ether oxygens (including phenoxy) is 1. The zero-order valence-corrected chi connectivity index (χ0v) is 11.5. The van der Waals surface area contributed by atoms with Crippen LogP contribution < -0.4 is 0 Å². The minimum absolute atomic E-state index is 0.205. The molecule has 1 aliphatic rings. The maximum Gasteiger partial charge on any atom is 0.417 e. The fraction of sp³-hybridized carbons (Fsp3) is 0.154. The molecule has 1 aromatic rings. The summed E-state index contributed by atoms with van der Waals surface area (Å²) in [5.41, 5.74) is -1.50. The lowest BCUT2D eigenvalue weighted by atomic mass is 10.00. The third kappa shape index (κ3) is 2.85. The van der Waals surface area contributed by atoms with E-state index < -0.39 is 32.5 Å². The Morgan fingerprint density at radius 1 is 1.19 bits per heavy atom. The molecule has 0 fully saturated rings. The number of benzene rings is 1. The number of allylic oxidation sites excluding steroid dienone is 2. The van der Waals surface area contributed by atoms with E-state index in [2.05, 4.69) is 4.74 Å². The minimum atomic E-state index is -4.64. The molecule has 21 heavy (non-hydrogen) atoms. The Balaban J connectivity index is 2.61. The number of carbonyl (C=O) groups is 1. The van der Waals surface area contributed by atoms with Gasteiger partial charge in [-0.2, -0.15) is 13.2 Å². The van der Waals surface area contributed by atoms with E-state index in [1.807, 2.05) is 0 Å². The second-order valence-electron chi connectivity index (χ2n) is 4.16. The first kappa shape index (κ1) is 15.3. The summed E-state index contributed by atoms with van der Waals surface area (Å²) in [6.07, 6.45) is -3.76. The Kier molecular flexibility index (Phi) is 3.66. The molecule has 0 unspecified atom stereocenters. The van der Waals surface area contributed by atoms with Crippen LogP contribution in [0.1, 0.15) is 11.1 Å². The molecule has 0 spiro atoms. The third-order valence-electron chi connectivity index (χ3n) is 2.81. The quantitative estimate of drug-likeness (QED) is 0.786. The van der Waals surface area contributed by atoms with E-state index in [1.165, 1.54) is 12.1 Å². The van der Waals surface area contributed by atoms with Crippen molar-refractivity contribution in [2.24, 2.45) is 0 Å². The first-order chi connectivity index (χ1) is 9.66. The summed E-state index contributed by atoms with van der Waals surface area (Å²) in [6, 6.07) is 4.52. The topological polar surface area (TPSA) is 60.4 Å². The number of hydrogen-bond donors (Lipinski definition) is 0. The lowest BCUT2D eigenvalue weighted by Crippen LogP contribution is -2.10. The van der Waals surface area contributed by atoms with E-state index in [1.54, 1.807) is 0 Å². The fourth-order valence-corrected chi connectivity index (χ4v) is 3.15. The van der Waals surface area contributed by atoms with E-state index in [-0.39, 0.29) is 11.1 Å². The van der Waals surface area contributed by atoms with E-state index >= 15 is 0 Å². The zero-order valence-electron chi connectivity index (χ0n) is 10.6. The average molecular weight is 318 g/mol. The summed E-state index contributed by atoms with van der Waals surface area (Å²) in [4.78, 5) is 10.7. The van der Waals surface area contributed by atoms with Gasteiger partial charge >= 0.3 is 12.1 Å². The van der Waals surface area contributed by atoms with Gasteiger partial charge in [-0.3, -0.25) is 0 Å². The molecule has 0 N–H and O–H groups in total. The van der Waals surface area contributed by atoms with Crippen LogP contribution in [0, 0.1) is 0 Å². The van der Waals surface area contributed by atoms with Gasteiger partial charge in [-0.1, -0.05) is 18.2 Å². The summed E-state index contributed by atoms with van der Waals surface area (Å²) in [7, 11) is -3.11. The summed E-state index contributed by atoms with van der Waals surface area (Å²) in [6.45, 7) is 0. The van der Waals surface area contributed by atoms with Gasteiger partial charge in [0.05, 0.1) is 12.7 Å². The number of alkyl halides is 3. The second kappa shape index (κ2) is 5.03. The molecule has 1 aliphatic heterocycles. The Morgan fingerprint density at radius 3 is 2.38 bits per heavy atom. The van der Waals surface area contributed by atoms with Crippen LogP contribution in [0.3, 0.4) is 0 Å². The average Bonchev–Trinajstić information content (AvgIpc) is 2.72. The minimum Gasteiger partial charge on any atom is -0.465 e. The molecule has 4 nitrogen and oxygen atoms in total. The first-order valence-corrected chi connectivity index (χ1v) is 7.15. The van der Waals surface area contributed by atoms with Crippen LogP contribution >= 0.6 is 0 Å². The highest BCUT2D eigenvalue weighted by Crippen LogP contribution is 2.38. The lowest BCUT2D eigenvalue weighted by Gasteiger charge is -2.11. The Labute approximate surface area is 118 Å². The number of methoxy groups -OCH3 is 1. The van der Waals surface area contributed by atoms with E-state index in [0.29, 0.717) is 5.41 Å². The van der Waals surface area contributed by atoms with Gasteiger partial charge in [0.15, 0.2) is 4.91 Å². The van der Waals surface area contributed by atoms with Crippen molar-refractivity contribution in [3.8, 4) is 0 Å². The molecular weight excluding hydrogens is 309 g/mol. The van der Waals surface area contributed by atoms with Crippen LogP contribution in [0.4, 0.5) is 13.2 Å². The van der Waals surface area contributed by atoms with Crippen LogP contribution in [0.15, 0.2) is 40.7 Å². The molecule has 0 aromatic heterocycles. The third-order valence-corrected chi connectivity index (χ3v) is 4.27. The van der Waals surface area contributed by atoms with Gasteiger partial charge in [-0.05, 0) is 23.3 Å². The second-order valence-corrected chi connectivity index (χ2v) is 5.93. The van der Waals surface area contributed by atoms with Crippen molar-refractivity contribution in [3.63, 3.8) is 0 Å². The molecular formula is C13H9F3O4S. The highest BCUT2D eigenvalue weighted by Gasteiger charge is 2.36. The standard InChI is InChI=1S/C13H9F3O4S/c1-20-12(17)11-6-8(7-21(11,18)19)9-4-2-3-5-10(9)13(14,15)16/h2-7H,1H3. The van der Waals surface area contributed by atoms with Crippen molar-refractivity contribution in [2.45, 2.75) is 6.18 Å². The number of carbonyl (C=O) groups excluding carboxylic acids is 1. The fourth-order valence-electron chi connectivity index (χ4n) is 1.89. The van der Waals surface area contributed by atoms with Gasteiger partial charge in [0.2, 0.25) is 9.84 Å². The zero-order chi connectivity index (χ0) is 15.8. The van der Waals surface area contributed by atoms with Crippen molar-refractivity contribution in [3.05, 3.63) is 51.8 Å². The summed E-state index contributed by atoms with van der Waals surface area (Å²) in [5.74, 6) is -1.12. The van der Waals surface area contributed by atoms with Gasteiger partial charge < -0.3 is 4.74 Å². The van der Waals surface area contributed by atoms with E-state index in [9.17, 15) is 26.4 Å². The largest absolute Gasteiger partial charge is 0.465 e. The van der Waals surface area contributed by atoms with Gasteiger partial charge in [-0.15, -0.1) is 0 Å². The Bertz CT molecular complexity index is 758. The van der Waals surface area contributed by atoms with Gasteiger partial charge in [0.1, 0.15) is 0 Å². The van der Waals surface area contributed by atoms with Crippen molar-refractivity contribution in [2.75, 3.05) is 7.11 Å². The molecule has 1 heterocycles. The molecule has 0 atom stereocenters. The van der Waals surface area contributed by atoms with Crippen molar-refractivity contribution < 1.29 is 31.1 Å². The number of hydrogen-bond acceptors (Lipinski definition) is 4. The van der Waals surface area contributed by atoms with Crippen LogP contribution in [0.2, 0.25) is 0 Å². The Hall–Kier alpha value is -2.09. The van der Waals surface area contributed by atoms with Crippen LogP contribution in [-0.4, -0.2) is 21.5 Å². The highest BCUT2D eigenvalue weighted by molar-refractivity contribution is 7.99. The van der Waals surface area contributed by atoms with Crippen molar-refractivity contribution >= 4 is 21.4 Å². The summed E-state index contributed by atoms with van der Waals surface area (Å²) < 4.78 is 66.7. The SMILES string of the molecule is COC(=O)C1=CC(c2ccccc2C(F)(F)F)=CS1(=O)=O. The molecule has 0 bridgehead atoms. The molecule has 8 heteroatoms. The molecule has 0 radical (unpaired) electrons. The summed E-state index contributed by atoms with van der Waals surface area (Å²) >= 11 is 0. The van der Waals surface area contributed by atoms with Crippen molar-refractivity contribution in [1.82, 2.24) is 0 Å². The number of sulfone groups is 1. The molecule has 0 amide bonds. The molecule has 0 saturated heterocycles. The summed E-state index contributed by atoms with van der Waals surface area (Å²) in [5, 5.41) is 0.629. The molecule has 2 rings (SSSR count). The molecule has 0 saturated carbocycles. The normalized spacial score (nSPS) is 17.1. The number of rotatable bonds is 2. The maximum absolute atomic E-state index is 12.9. The predicted octanol–water partition coefficient (Wildman–Crippen LogP) is 2.53. The Morgan fingerprint density at radius 2 is 1.81 bits per heavy atom. The van der Waals surface area contributed by atoms with Crippen LogP contribution in [0.5, 0.6) is 0 Å². The van der Waals surface area contributed by atoms with Gasteiger partial charge in [0.25, 0.3) is 0 Å². The number of esters is 1. The van der Waals surface area contributed by atoms with Crippen molar-refractivity contribution in [1.29, 1.82) is 0 Å². The van der Waals surface area contributed by atoms with Gasteiger partial charge in [0, 0.05) is 5.41 Å². The molecule has 1 aromatic carbocycles. The van der Waals surface area contributed by atoms with Crippen LogP contribution in [0.25, 0.3) is 5.57 Å². The predicted molar refractivity (Wildman–Crippen MR) is 68.4 cm³/mol. The molecule has 112 valence electrons. The smallest absolute Gasteiger partial charge is 0.417 e. The highest BCUT2D eigenvalue weighted by atomic mass is 32.2. The van der Waals surface area contributed by atoms with Gasteiger partial charge in [-0.25, -0.2) is 13.2 Å². The van der Waals surface area contributed by atoms with Crippen LogP contribution in [-0.2, 0) is 25.5 Å². The monoisotopic (exact) mass is 318 g/mol. The van der Waals surface area contributed by atoms with E-state index in [0.717, 1.165) is 25.3 Å². The maximum atomic E-state index is 12.9. The van der Waals surface area contributed by atoms with E-state index in [4.69, 9.17) is 0 Å². The molecule has 0 aliphatic carbocycles. The first-order valence-electron chi connectivity index (χ1n) is 5.60. The lowest BCUT2D eigenvalue weighted by molar-refractivity contribution is -0.138.